The van der Waals surface area contributed by atoms with Crippen LogP contribution in [0.1, 0.15) is 25.7 Å². The summed E-state index contributed by atoms with van der Waals surface area (Å²) in [6, 6.07) is 0.314. The second-order valence-electron chi connectivity index (χ2n) is 4.66. The quantitative estimate of drug-likeness (QED) is 0.743. The van der Waals surface area contributed by atoms with E-state index in [9.17, 15) is 4.79 Å². The van der Waals surface area contributed by atoms with E-state index in [0.29, 0.717) is 32.1 Å². The summed E-state index contributed by atoms with van der Waals surface area (Å²) >= 11 is 1.91. The molecule has 2 aliphatic heterocycles. The third-order valence-electron chi connectivity index (χ3n) is 3.33. The largest absolute Gasteiger partial charge is 0.381 e. The summed E-state index contributed by atoms with van der Waals surface area (Å²) in [5.41, 5.74) is 5.43. The number of thioether (sulfide) groups is 1. The van der Waals surface area contributed by atoms with E-state index < -0.39 is 5.54 Å². The summed E-state index contributed by atoms with van der Waals surface area (Å²) in [6.07, 6.45) is 3.55. The van der Waals surface area contributed by atoms with E-state index in [4.69, 9.17) is 10.5 Å². The second-order valence-corrected chi connectivity index (χ2v) is 5.81. The van der Waals surface area contributed by atoms with Crippen LogP contribution in [-0.2, 0) is 9.53 Å². The average molecular weight is 244 g/mol. The summed E-state index contributed by atoms with van der Waals surface area (Å²) in [7, 11) is 0. The molecule has 0 aromatic carbocycles. The lowest BCUT2D eigenvalue weighted by Crippen LogP contribution is -2.59. The number of amides is 1. The van der Waals surface area contributed by atoms with Crippen LogP contribution in [0.15, 0.2) is 0 Å². The Kier molecular flexibility index (Phi) is 4.10. The predicted molar refractivity (Wildman–Crippen MR) is 65.5 cm³/mol. The zero-order chi connectivity index (χ0) is 11.4. The molecule has 2 rings (SSSR count). The predicted octanol–water partition coefficient (Wildman–Crippen LogP) is 0.506. The van der Waals surface area contributed by atoms with Gasteiger partial charge in [-0.3, -0.25) is 4.79 Å². The molecule has 0 aromatic rings. The molecule has 1 amide bonds. The normalized spacial score (nSPS) is 29.7. The van der Waals surface area contributed by atoms with Gasteiger partial charge in [-0.25, -0.2) is 0 Å². The lowest BCUT2D eigenvalue weighted by molar-refractivity contribution is -0.130. The van der Waals surface area contributed by atoms with Crippen molar-refractivity contribution >= 4 is 17.7 Å². The fourth-order valence-corrected chi connectivity index (χ4v) is 3.22. The van der Waals surface area contributed by atoms with E-state index in [1.165, 1.54) is 12.2 Å². The van der Waals surface area contributed by atoms with E-state index in [1.807, 2.05) is 11.8 Å². The first-order valence-corrected chi connectivity index (χ1v) is 7.11. The molecule has 0 radical (unpaired) electrons. The first-order valence-electron chi connectivity index (χ1n) is 5.96. The zero-order valence-corrected chi connectivity index (χ0v) is 10.4. The minimum absolute atomic E-state index is 0.0169. The Bertz CT molecular complexity index is 248. The highest BCUT2D eigenvalue weighted by atomic mass is 32.2. The maximum atomic E-state index is 12.1. The SMILES string of the molecule is NC1(C(=O)NC2CCCSC2)CCOCC1. The standard InChI is InChI=1S/C11H20N2O2S/c12-11(3-5-15-6-4-11)10(14)13-9-2-1-7-16-8-9/h9H,1-8,12H2,(H,13,14). The van der Waals surface area contributed by atoms with Crippen LogP contribution in [0.3, 0.4) is 0 Å². The zero-order valence-electron chi connectivity index (χ0n) is 9.54. The molecule has 2 aliphatic rings. The number of hydrogen-bond acceptors (Lipinski definition) is 4. The Morgan fingerprint density at radius 3 is 2.81 bits per heavy atom. The summed E-state index contributed by atoms with van der Waals surface area (Å²) in [4.78, 5) is 12.1. The van der Waals surface area contributed by atoms with Crippen molar-refractivity contribution in [3.8, 4) is 0 Å². The van der Waals surface area contributed by atoms with Crippen LogP contribution < -0.4 is 11.1 Å². The molecular formula is C11H20N2O2S. The maximum Gasteiger partial charge on any atom is 0.240 e. The van der Waals surface area contributed by atoms with Gasteiger partial charge in [0, 0.05) is 25.0 Å². The van der Waals surface area contributed by atoms with Crippen LogP contribution in [-0.4, -0.2) is 42.2 Å². The second kappa shape index (κ2) is 5.38. The Labute approximate surface area is 101 Å². The number of carbonyl (C=O) groups is 1. The number of hydrogen-bond donors (Lipinski definition) is 2. The maximum absolute atomic E-state index is 12.1. The Balaban J connectivity index is 1.85. The minimum atomic E-state index is -0.694. The molecule has 3 N–H and O–H groups in total. The summed E-state index contributed by atoms with van der Waals surface area (Å²) in [5.74, 6) is 2.26. The molecule has 0 saturated carbocycles. The molecule has 2 saturated heterocycles. The fraction of sp³-hybridized carbons (Fsp3) is 0.909. The van der Waals surface area contributed by atoms with Crippen molar-refractivity contribution in [2.24, 2.45) is 5.73 Å². The Morgan fingerprint density at radius 2 is 2.19 bits per heavy atom. The van der Waals surface area contributed by atoms with Crippen molar-refractivity contribution in [2.75, 3.05) is 24.7 Å². The Morgan fingerprint density at radius 1 is 1.44 bits per heavy atom. The molecule has 2 fully saturated rings. The van der Waals surface area contributed by atoms with E-state index in [2.05, 4.69) is 5.32 Å². The van der Waals surface area contributed by atoms with Gasteiger partial charge in [-0.05, 0) is 31.4 Å². The van der Waals surface area contributed by atoms with Crippen molar-refractivity contribution in [1.82, 2.24) is 5.32 Å². The van der Waals surface area contributed by atoms with Crippen LogP contribution in [0.4, 0.5) is 0 Å². The topological polar surface area (TPSA) is 64.4 Å². The molecule has 1 atom stereocenters. The van der Waals surface area contributed by atoms with E-state index in [0.717, 1.165) is 12.2 Å². The number of ether oxygens (including phenoxy) is 1. The number of nitrogens with one attached hydrogen (secondary N) is 1. The first-order chi connectivity index (χ1) is 7.71. The van der Waals surface area contributed by atoms with Crippen molar-refractivity contribution in [3.05, 3.63) is 0 Å². The minimum Gasteiger partial charge on any atom is -0.381 e. The van der Waals surface area contributed by atoms with Crippen molar-refractivity contribution < 1.29 is 9.53 Å². The van der Waals surface area contributed by atoms with Gasteiger partial charge in [0.1, 0.15) is 0 Å². The van der Waals surface area contributed by atoms with Crippen molar-refractivity contribution in [3.63, 3.8) is 0 Å². The molecule has 0 bridgehead atoms. The Hall–Kier alpha value is -0.260. The van der Waals surface area contributed by atoms with Gasteiger partial charge in [0.25, 0.3) is 0 Å². The van der Waals surface area contributed by atoms with E-state index in [1.54, 1.807) is 0 Å². The monoisotopic (exact) mass is 244 g/mol. The third-order valence-corrected chi connectivity index (χ3v) is 4.55. The summed E-state index contributed by atoms with van der Waals surface area (Å²) in [6.45, 7) is 1.20. The van der Waals surface area contributed by atoms with Gasteiger partial charge in [0.2, 0.25) is 5.91 Å². The molecule has 4 nitrogen and oxygen atoms in total. The number of carbonyl (C=O) groups excluding carboxylic acids is 1. The molecule has 0 spiro atoms. The molecule has 92 valence electrons. The molecular weight excluding hydrogens is 224 g/mol. The third kappa shape index (κ3) is 2.90. The van der Waals surface area contributed by atoms with Gasteiger partial charge in [-0.1, -0.05) is 0 Å². The van der Waals surface area contributed by atoms with Crippen LogP contribution >= 0.6 is 11.8 Å². The van der Waals surface area contributed by atoms with E-state index in [-0.39, 0.29) is 5.91 Å². The smallest absolute Gasteiger partial charge is 0.240 e. The van der Waals surface area contributed by atoms with Crippen LogP contribution in [0.2, 0.25) is 0 Å². The molecule has 2 heterocycles. The molecule has 16 heavy (non-hydrogen) atoms. The van der Waals surface area contributed by atoms with Gasteiger partial charge in [-0.15, -0.1) is 0 Å². The van der Waals surface area contributed by atoms with Crippen molar-refractivity contribution in [1.29, 1.82) is 0 Å². The highest BCUT2D eigenvalue weighted by molar-refractivity contribution is 7.99. The van der Waals surface area contributed by atoms with Crippen LogP contribution in [0.25, 0.3) is 0 Å². The molecule has 5 heteroatoms. The number of rotatable bonds is 2. The molecule has 1 unspecified atom stereocenters. The molecule has 0 aliphatic carbocycles. The lowest BCUT2D eigenvalue weighted by atomic mass is 9.90. The first kappa shape index (κ1) is 12.2. The summed E-state index contributed by atoms with van der Waals surface area (Å²) < 4.78 is 5.24. The van der Waals surface area contributed by atoms with Crippen molar-refractivity contribution in [2.45, 2.75) is 37.3 Å². The van der Waals surface area contributed by atoms with Crippen LogP contribution in [0.5, 0.6) is 0 Å². The van der Waals surface area contributed by atoms with Gasteiger partial charge in [-0.2, -0.15) is 11.8 Å². The van der Waals surface area contributed by atoms with Gasteiger partial charge in [0.15, 0.2) is 0 Å². The highest BCUT2D eigenvalue weighted by Gasteiger charge is 2.36. The fourth-order valence-electron chi connectivity index (χ4n) is 2.15. The van der Waals surface area contributed by atoms with Gasteiger partial charge < -0.3 is 15.8 Å². The van der Waals surface area contributed by atoms with Gasteiger partial charge >= 0.3 is 0 Å². The average Bonchev–Trinajstić information content (AvgIpc) is 2.31. The number of nitrogens with two attached hydrogens (primary N) is 1. The lowest BCUT2D eigenvalue weighted by Gasteiger charge is -2.34. The van der Waals surface area contributed by atoms with Gasteiger partial charge in [0.05, 0.1) is 5.54 Å². The molecule has 0 aromatic heterocycles. The highest BCUT2D eigenvalue weighted by Crippen LogP contribution is 2.21. The van der Waals surface area contributed by atoms with Crippen LogP contribution in [0, 0.1) is 0 Å². The van der Waals surface area contributed by atoms with E-state index >= 15 is 0 Å². The summed E-state index contributed by atoms with van der Waals surface area (Å²) in [5, 5.41) is 3.09.